The first kappa shape index (κ1) is 14.2. The van der Waals surface area contributed by atoms with E-state index in [1.165, 1.54) is 0 Å². The number of benzene rings is 1. The van der Waals surface area contributed by atoms with Gasteiger partial charge in [-0.1, -0.05) is 28.4 Å². The first-order valence-electron chi connectivity index (χ1n) is 6.50. The van der Waals surface area contributed by atoms with Gasteiger partial charge < -0.3 is 10.2 Å². The molecule has 0 bridgehead atoms. The van der Waals surface area contributed by atoms with Gasteiger partial charge in [0.1, 0.15) is 0 Å². The Bertz CT molecular complexity index is 646. The molecule has 2 amide bonds. The summed E-state index contributed by atoms with van der Waals surface area (Å²) >= 11 is 11.8. The van der Waals surface area contributed by atoms with E-state index in [0.29, 0.717) is 28.8 Å². The minimum atomic E-state index is -0.156. The summed E-state index contributed by atoms with van der Waals surface area (Å²) in [7, 11) is 0. The predicted octanol–water partition coefficient (Wildman–Crippen LogP) is 3.06. The molecule has 21 heavy (non-hydrogen) atoms. The quantitative estimate of drug-likeness (QED) is 0.922. The fourth-order valence-electron chi connectivity index (χ4n) is 2.33. The molecule has 1 unspecified atom stereocenters. The van der Waals surface area contributed by atoms with E-state index >= 15 is 0 Å². The summed E-state index contributed by atoms with van der Waals surface area (Å²) in [6, 6.07) is 5.02. The van der Waals surface area contributed by atoms with E-state index in [1.54, 1.807) is 34.0 Å². The Labute approximate surface area is 131 Å². The predicted molar refractivity (Wildman–Crippen MR) is 80.7 cm³/mol. The maximum absolute atomic E-state index is 12.2. The van der Waals surface area contributed by atoms with Crippen LogP contribution in [-0.4, -0.2) is 39.0 Å². The number of nitrogens with zero attached hydrogens (tertiary/aromatic N) is 4. The summed E-state index contributed by atoms with van der Waals surface area (Å²) in [6.07, 6.45) is 4.31. The molecule has 3 rings (SSSR count). The molecular weight excluding hydrogens is 313 g/mol. The van der Waals surface area contributed by atoms with Crippen molar-refractivity contribution in [1.29, 1.82) is 0 Å². The highest BCUT2D eigenvalue weighted by molar-refractivity contribution is 6.42. The molecule has 1 aromatic carbocycles. The normalized spacial score (nSPS) is 18.0. The molecule has 8 heteroatoms. The second-order valence-electron chi connectivity index (χ2n) is 4.83. The molecule has 1 aliphatic rings. The molecule has 0 aliphatic carbocycles. The van der Waals surface area contributed by atoms with Crippen LogP contribution in [0.4, 0.5) is 10.5 Å². The number of carbonyl (C=O) groups excluding carboxylic acids is 1. The Morgan fingerprint density at radius 1 is 1.33 bits per heavy atom. The van der Waals surface area contributed by atoms with Gasteiger partial charge >= 0.3 is 6.03 Å². The van der Waals surface area contributed by atoms with Crippen molar-refractivity contribution < 1.29 is 4.79 Å². The largest absolute Gasteiger partial charge is 0.322 e. The van der Waals surface area contributed by atoms with Crippen molar-refractivity contribution in [2.24, 2.45) is 0 Å². The van der Waals surface area contributed by atoms with Crippen molar-refractivity contribution in [3.05, 3.63) is 40.6 Å². The Morgan fingerprint density at radius 3 is 2.90 bits per heavy atom. The number of likely N-dealkylation sites (tertiary alicyclic amines) is 1. The lowest BCUT2D eigenvalue weighted by Crippen LogP contribution is -2.33. The van der Waals surface area contributed by atoms with Gasteiger partial charge in [-0.15, -0.1) is 5.10 Å². The highest BCUT2D eigenvalue weighted by atomic mass is 35.5. The van der Waals surface area contributed by atoms with Crippen LogP contribution in [-0.2, 0) is 0 Å². The maximum atomic E-state index is 12.2. The highest BCUT2D eigenvalue weighted by Crippen LogP contribution is 2.26. The fraction of sp³-hybridized carbons (Fsp3) is 0.308. The molecule has 0 radical (unpaired) electrons. The number of halogens is 2. The van der Waals surface area contributed by atoms with Gasteiger partial charge in [0.25, 0.3) is 0 Å². The van der Waals surface area contributed by atoms with E-state index in [4.69, 9.17) is 23.2 Å². The third-order valence-corrected chi connectivity index (χ3v) is 4.18. The number of hydrogen-bond acceptors (Lipinski definition) is 3. The van der Waals surface area contributed by atoms with Crippen molar-refractivity contribution in [3.63, 3.8) is 0 Å². The summed E-state index contributed by atoms with van der Waals surface area (Å²) in [5.41, 5.74) is 0.624. The Hall–Kier alpha value is -1.79. The van der Waals surface area contributed by atoms with Crippen molar-refractivity contribution in [2.75, 3.05) is 18.4 Å². The molecule has 1 aromatic heterocycles. The van der Waals surface area contributed by atoms with Crippen LogP contribution in [0, 0.1) is 0 Å². The summed E-state index contributed by atoms with van der Waals surface area (Å²) < 4.78 is 1.78. The molecule has 0 saturated carbocycles. The van der Waals surface area contributed by atoms with Gasteiger partial charge in [-0.2, -0.15) is 0 Å². The number of anilines is 1. The Balaban J connectivity index is 1.62. The van der Waals surface area contributed by atoms with E-state index in [1.807, 2.05) is 6.20 Å². The van der Waals surface area contributed by atoms with E-state index in [0.717, 1.165) is 6.42 Å². The number of carbonyl (C=O) groups is 1. The lowest BCUT2D eigenvalue weighted by molar-refractivity contribution is 0.220. The van der Waals surface area contributed by atoms with Crippen LogP contribution in [0.2, 0.25) is 10.0 Å². The number of amides is 2. The third kappa shape index (κ3) is 3.11. The average Bonchev–Trinajstić information content (AvgIpc) is 3.12. The van der Waals surface area contributed by atoms with Crippen molar-refractivity contribution in [1.82, 2.24) is 19.9 Å². The summed E-state index contributed by atoms with van der Waals surface area (Å²) in [4.78, 5) is 14.0. The van der Waals surface area contributed by atoms with Crippen LogP contribution in [0.15, 0.2) is 30.6 Å². The first-order valence-corrected chi connectivity index (χ1v) is 7.26. The minimum absolute atomic E-state index is 0.156. The zero-order valence-corrected chi connectivity index (χ0v) is 12.6. The van der Waals surface area contributed by atoms with Crippen LogP contribution >= 0.6 is 23.2 Å². The highest BCUT2D eigenvalue weighted by Gasteiger charge is 2.27. The molecule has 1 atom stereocenters. The monoisotopic (exact) mass is 325 g/mol. The summed E-state index contributed by atoms with van der Waals surface area (Å²) in [5.74, 6) is 0. The van der Waals surface area contributed by atoms with Gasteiger partial charge in [0.05, 0.1) is 22.3 Å². The molecular formula is C13H13Cl2N5O. The molecule has 0 spiro atoms. The second-order valence-corrected chi connectivity index (χ2v) is 5.65. The van der Waals surface area contributed by atoms with Crippen molar-refractivity contribution in [3.8, 4) is 0 Å². The molecule has 2 heterocycles. The first-order chi connectivity index (χ1) is 10.1. The van der Waals surface area contributed by atoms with Crippen LogP contribution in [0.3, 0.4) is 0 Å². The summed E-state index contributed by atoms with van der Waals surface area (Å²) in [5, 5.41) is 11.5. The molecule has 1 saturated heterocycles. The van der Waals surface area contributed by atoms with Crippen LogP contribution in [0.1, 0.15) is 12.5 Å². The maximum Gasteiger partial charge on any atom is 0.321 e. The van der Waals surface area contributed by atoms with Gasteiger partial charge in [-0.05, 0) is 24.6 Å². The smallest absolute Gasteiger partial charge is 0.321 e. The van der Waals surface area contributed by atoms with Gasteiger partial charge in [0, 0.05) is 25.0 Å². The fourth-order valence-corrected chi connectivity index (χ4v) is 2.63. The van der Waals surface area contributed by atoms with E-state index in [2.05, 4.69) is 15.6 Å². The average molecular weight is 326 g/mol. The topological polar surface area (TPSA) is 63.1 Å². The van der Waals surface area contributed by atoms with E-state index in [-0.39, 0.29) is 12.1 Å². The van der Waals surface area contributed by atoms with Crippen LogP contribution in [0.25, 0.3) is 0 Å². The van der Waals surface area contributed by atoms with Crippen molar-refractivity contribution >= 4 is 34.9 Å². The number of nitrogens with one attached hydrogen (secondary N) is 1. The summed E-state index contributed by atoms with van der Waals surface area (Å²) in [6.45, 7) is 1.29. The van der Waals surface area contributed by atoms with E-state index in [9.17, 15) is 4.79 Å². The molecule has 1 fully saturated rings. The van der Waals surface area contributed by atoms with Gasteiger partial charge in [-0.25, -0.2) is 9.48 Å². The van der Waals surface area contributed by atoms with Crippen LogP contribution in [0.5, 0.6) is 0 Å². The Kier molecular flexibility index (Phi) is 3.98. The molecule has 6 nitrogen and oxygen atoms in total. The molecule has 2 aromatic rings. The van der Waals surface area contributed by atoms with Crippen LogP contribution < -0.4 is 5.32 Å². The number of hydrogen-bond donors (Lipinski definition) is 1. The second kappa shape index (κ2) is 5.91. The lowest BCUT2D eigenvalue weighted by atomic mass is 10.3. The minimum Gasteiger partial charge on any atom is -0.322 e. The molecule has 1 N–H and O–H groups in total. The van der Waals surface area contributed by atoms with Gasteiger partial charge in [-0.3, -0.25) is 0 Å². The lowest BCUT2D eigenvalue weighted by Gasteiger charge is -2.17. The standard InChI is InChI=1S/C13H13Cl2N5O/c14-11-2-1-9(7-12(11)15)17-13(21)19-5-3-10(8-19)20-6-4-16-18-20/h1-2,4,6-7,10H,3,5,8H2,(H,17,21). The molecule has 110 valence electrons. The van der Waals surface area contributed by atoms with Crippen molar-refractivity contribution in [2.45, 2.75) is 12.5 Å². The SMILES string of the molecule is O=C(Nc1ccc(Cl)c(Cl)c1)N1CCC(n2ccnn2)C1. The van der Waals surface area contributed by atoms with Gasteiger partial charge in [0.2, 0.25) is 0 Å². The third-order valence-electron chi connectivity index (χ3n) is 3.44. The number of rotatable bonds is 2. The number of aromatic nitrogens is 3. The van der Waals surface area contributed by atoms with E-state index < -0.39 is 0 Å². The molecule has 1 aliphatic heterocycles. The zero-order chi connectivity index (χ0) is 14.8. The Morgan fingerprint density at radius 2 is 2.19 bits per heavy atom. The van der Waals surface area contributed by atoms with Gasteiger partial charge in [0.15, 0.2) is 0 Å². The zero-order valence-electron chi connectivity index (χ0n) is 11.0. The number of urea groups is 1.